The molecule has 0 radical (unpaired) electrons. The van der Waals surface area contributed by atoms with Crippen LogP contribution < -0.4 is 5.73 Å². The molecule has 2 N–H and O–H groups in total. The van der Waals surface area contributed by atoms with Crippen molar-refractivity contribution in [2.24, 2.45) is 0 Å². The molecule has 0 saturated heterocycles. The van der Waals surface area contributed by atoms with Crippen molar-refractivity contribution < 1.29 is 4.52 Å². The van der Waals surface area contributed by atoms with Crippen molar-refractivity contribution in [2.75, 3.05) is 5.73 Å². The third kappa shape index (κ3) is 2.35. The number of benzene rings is 2. The van der Waals surface area contributed by atoms with Crippen molar-refractivity contribution in [3.63, 3.8) is 0 Å². The summed E-state index contributed by atoms with van der Waals surface area (Å²) >= 11 is 11.9. The molecular formula is C14H9Cl2N3O. The largest absolute Gasteiger partial charge is 0.397 e. The van der Waals surface area contributed by atoms with Gasteiger partial charge in [0.2, 0.25) is 5.82 Å². The number of hydrogen-bond donors (Lipinski definition) is 1. The van der Waals surface area contributed by atoms with Gasteiger partial charge in [-0.25, -0.2) is 0 Å². The van der Waals surface area contributed by atoms with Gasteiger partial charge in [-0.2, -0.15) is 4.98 Å². The highest BCUT2D eigenvalue weighted by molar-refractivity contribution is 6.33. The van der Waals surface area contributed by atoms with Gasteiger partial charge in [-0.1, -0.05) is 46.6 Å². The van der Waals surface area contributed by atoms with E-state index in [1.54, 1.807) is 30.3 Å². The smallest absolute Gasteiger partial charge is 0.260 e. The van der Waals surface area contributed by atoms with Gasteiger partial charge in [0.05, 0.1) is 16.3 Å². The van der Waals surface area contributed by atoms with E-state index in [0.29, 0.717) is 33.0 Å². The summed E-state index contributed by atoms with van der Waals surface area (Å²) in [7, 11) is 0. The Morgan fingerprint density at radius 2 is 1.85 bits per heavy atom. The fourth-order valence-corrected chi connectivity index (χ4v) is 2.17. The molecule has 2 aromatic carbocycles. The number of halogens is 2. The lowest BCUT2D eigenvalue weighted by Crippen LogP contribution is -1.91. The standard InChI is InChI=1S/C14H9Cl2N3O/c15-9-4-1-3-8(7-9)13-18-14(20-19-13)10-5-2-6-11(16)12(10)17/h1-7H,17H2. The Balaban J connectivity index is 2.04. The van der Waals surface area contributed by atoms with E-state index in [-0.39, 0.29) is 0 Å². The maximum Gasteiger partial charge on any atom is 0.260 e. The lowest BCUT2D eigenvalue weighted by atomic mass is 10.2. The van der Waals surface area contributed by atoms with E-state index in [2.05, 4.69) is 10.1 Å². The molecule has 0 aliphatic rings. The normalized spacial score (nSPS) is 10.7. The van der Waals surface area contributed by atoms with Crippen LogP contribution in [0.4, 0.5) is 5.69 Å². The van der Waals surface area contributed by atoms with Crippen molar-refractivity contribution in [3.8, 4) is 22.8 Å². The van der Waals surface area contributed by atoms with E-state index in [1.807, 2.05) is 12.1 Å². The minimum atomic E-state index is 0.319. The molecule has 1 heterocycles. The van der Waals surface area contributed by atoms with Crippen LogP contribution in [0.3, 0.4) is 0 Å². The second kappa shape index (κ2) is 5.15. The first-order valence-electron chi connectivity index (χ1n) is 5.79. The average molecular weight is 306 g/mol. The topological polar surface area (TPSA) is 64.9 Å². The van der Waals surface area contributed by atoms with Gasteiger partial charge in [-0.15, -0.1) is 0 Å². The van der Waals surface area contributed by atoms with Crippen molar-refractivity contribution in [2.45, 2.75) is 0 Å². The Bertz CT molecular complexity index is 771. The number of nitrogen functional groups attached to an aromatic ring is 1. The average Bonchev–Trinajstić information content (AvgIpc) is 2.91. The molecule has 0 unspecified atom stereocenters. The second-order valence-electron chi connectivity index (χ2n) is 4.13. The molecule has 0 amide bonds. The third-order valence-corrected chi connectivity index (χ3v) is 3.36. The van der Waals surface area contributed by atoms with Crippen molar-refractivity contribution in [1.82, 2.24) is 10.1 Å². The van der Waals surface area contributed by atoms with Gasteiger partial charge < -0.3 is 10.3 Å². The first-order valence-corrected chi connectivity index (χ1v) is 6.55. The van der Waals surface area contributed by atoms with Crippen LogP contribution in [0, 0.1) is 0 Å². The summed E-state index contributed by atoms with van der Waals surface area (Å²) in [6, 6.07) is 12.5. The minimum absolute atomic E-state index is 0.319. The Kier molecular flexibility index (Phi) is 3.34. The summed E-state index contributed by atoms with van der Waals surface area (Å²) < 4.78 is 5.24. The van der Waals surface area contributed by atoms with Gasteiger partial charge in [0.15, 0.2) is 0 Å². The Hall–Kier alpha value is -2.04. The second-order valence-corrected chi connectivity index (χ2v) is 4.98. The molecule has 0 aliphatic carbocycles. The minimum Gasteiger partial charge on any atom is -0.397 e. The maximum atomic E-state index is 5.98. The van der Waals surface area contributed by atoms with E-state index in [9.17, 15) is 0 Å². The number of nitrogens with two attached hydrogens (primary N) is 1. The quantitative estimate of drug-likeness (QED) is 0.717. The molecule has 0 fully saturated rings. The predicted octanol–water partition coefficient (Wildman–Crippen LogP) is 4.29. The van der Waals surface area contributed by atoms with Crippen LogP contribution in [0.25, 0.3) is 22.8 Å². The van der Waals surface area contributed by atoms with E-state index in [0.717, 1.165) is 5.56 Å². The van der Waals surface area contributed by atoms with E-state index in [1.165, 1.54) is 0 Å². The lowest BCUT2D eigenvalue weighted by molar-refractivity contribution is 0.432. The molecule has 4 nitrogen and oxygen atoms in total. The predicted molar refractivity (Wildman–Crippen MR) is 79.6 cm³/mol. The summed E-state index contributed by atoms with van der Waals surface area (Å²) in [5, 5.41) is 4.99. The Labute approximate surface area is 125 Å². The van der Waals surface area contributed by atoms with Gasteiger partial charge >= 0.3 is 0 Å². The van der Waals surface area contributed by atoms with E-state index in [4.69, 9.17) is 33.5 Å². The lowest BCUT2D eigenvalue weighted by Gasteiger charge is -2.01. The Morgan fingerprint density at radius 3 is 2.65 bits per heavy atom. The Morgan fingerprint density at radius 1 is 1.05 bits per heavy atom. The molecule has 0 spiro atoms. The maximum absolute atomic E-state index is 5.98. The van der Waals surface area contributed by atoms with E-state index >= 15 is 0 Å². The molecule has 3 aromatic rings. The highest BCUT2D eigenvalue weighted by Gasteiger charge is 2.14. The van der Waals surface area contributed by atoms with Crippen LogP contribution in [-0.2, 0) is 0 Å². The van der Waals surface area contributed by atoms with Gasteiger partial charge in [0.1, 0.15) is 0 Å². The summed E-state index contributed by atoms with van der Waals surface area (Å²) in [4.78, 5) is 4.32. The molecule has 100 valence electrons. The molecule has 1 aromatic heterocycles. The zero-order valence-corrected chi connectivity index (χ0v) is 11.7. The zero-order valence-electron chi connectivity index (χ0n) is 10.2. The van der Waals surface area contributed by atoms with Gasteiger partial charge in [-0.05, 0) is 24.3 Å². The van der Waals surface area contributed by atoms with Crippen molar-refractivity contribution in [3.05, 3.63) is 52.5 Å². The number of anilines is 1. The van der Waals surface area contributed by atoms with Crippen molar-refractivity contribution in [1.29, 1.82) is 0 Å². The van der Waals surface area contributed by atoms with Crippen LogP contribution in [-0.4, -0.2) is 10.1 Å². The number of rotatable bonds is 2. The van der Waals surface area contributed by atoms with E-state index < -0.39 is 0 Å². The number of para-hydroxylation sites is 1. The number of hydrogen-bond acceptors (Lipinski definition) is 4. The monoisotopic (exact) mass is 305 g/mol. The van der Waals surface area contributed by atoms with Crippen LogP contribution >= 0.6 is 23.2 Å². The highest BCUT2D eigenvalue weighted by Crippen LogP contribution is 2.31. The SMILES string of the molecule is Nc1c(Cl)cccc1-c1nc(-c2cccc(Cl)c2)no1. The molecule has 0 aliphatic heterocycles. The summed E-state index contributed by atoms with van der Waals surface area (Å²) in [6.07, 6.45) is 0. The first kappa shape index (κ1) is 13.0. The molecular weight excluding hydrogens is 297 g/mol. The number of nitrogens with zero attached hydrogens (tertiary/aromatic N) is 2. The van der Waals surface area contributed by atoms with Crippen LogP contribution in [0.2, 0.25) is 10.0 Å². The van der Waals surface area contributed by atoms with Gasteiger partial charge in [-0.3, -0.25) is 0 Å². The zero-order chi connectivity index (χ0) is 14.1. The summed E-state index contributed by atoms with van der Waals surface area (Å²) in [6.45, 7) is 0. The van der Waals surface area contributed by atoms with Gasteiger partial charge in [0.25, 0.3) is 5.89 Å². The molecule has 3 rings (SSSR count). The van der Waals surface area contributed by atoms with Crippen LogP contribution in [0.15, 0.2) is 47.0 Å². The van der Waals surface area contributed by atoms with Crippen LogP contribution in [0.1, 0.15) is 0 Å². The molecule has 6 heteroatoms. The first-order chi connectivity index (χ1) is 9.65. The fourth-order valence-electron chi connectivity index (χ4n) is 1.80. The molecule has 0 saturated carbocycles. The van der Waals surface area contributed by atoms with Gasteiger partial charge in [0, 0.05) is 10.6 Å². The number of aromatic nitrogens is 2. The highest BCUT2D eigenvalue weighted by atomic mass is 35.5. The third-order valence-electron chi connectivity index (χ3n) is 2.79. The fraction of sp³-hybridized carbons (Fsp3) is 0. The summed E-state index contributed by atoms with van der Waals surface area (Å²) in [5.41, 5.74) is 7.70. The molecule has 0 atom stereocenters. The van der Waals surface area contributed by atoms with Crippen molar-refractivity contribution >= 4 is 28.9 Å². The molecule has 20 heavy (non-hydrogen) atoms. The van der Waals surface area contributed by atoms with Crippen LogP contribution in [0.5, 0.6) is 0 Å². The molecule has 0 bridgehead atoms. The summed E-state index contributed by atoms with van der Waals surface area (Å²) in [5.74, 6) is 0.766.